The molecule has 0 spiro atoms. The van der Waals surface area contributed by atoms with Gasteiger partial charge in [0.1, 0.15) is 10.8 Å². The molecule has 1 aromatic heterocycles. The molecule has 0 amide bonds. The fourth-order valence-electron chi connectivity index (χ4n) is 0.980. The van der Waals surface area contributed by atoms with Crippen molar-refractivity contribution >= 4 is 11.3 Å². The number of thiazole rings is 1. The Morgan fingerprint density at radius 2 is 1.77 bits per heavy atom. The summed E-state index contributed by atoms with van der Waals surface area (Å²) >= 11 is 0.946. The van der Waals surface area contributed by atoms with E-state index in [1.165, 1.54) is 12.1 Å². The molecule has 1 nitrogen and oxygen atoms in total. The van der Waals surface area contributed by atoms with Gasteiger partial charge in [-0.25, -0.2) is 9.37 Å². The molecule has 1 heterocycles. The second kappa shape index (κ2) is 3.22. The van der Waals surface area contributed by atoms with Crippen molar-refractivity contribution in [2.45, 2.75) is 0 Å². The maximum absolute atomic E-state index is 12.6. The molecule has 0 aliphatic heterocycles. The summed E-state index contributed by atoms with van der Waals surface area (Å²) in [7, 11) is 0. The van der Waals surface area contributed by atoms with Crippen LogP contribution in [0.1, 0.15) is 0 Å². The quantitative estimate of drug-likeness (QED) is 0.684. The molecule has 0 fully saturated rings. The summed E-state index contributed by atoms with van der Waals surface area (Å²) in [6.07, 6.45) is 1.16. The van der Waals surface area contributed by atoms with Crippen LogP contribution in [0.2, 0.25) is 0 Å². The van der Waals surface area contributed by atoms with Crippen LogP contribution in [0.3, 0.4) is 0 Å². The van der Waals surface area contributed by atoms with Crippen molar-refractivity contribution in [1.82, 2.24) is 4.98 Å². The Kier molecular flexibility index (Phi) is 2.06. The SMILES string of the molecule is Fc1ccc(-c2ncc(F)s2)cc1. The highest BCUT2D eigenvalue weighted by atomic mass is 32.1. The van der Waals surface area contributed by atoms with Crippen LogP contribution >= 0.6 is 11.3 Å². The Morgan fingerprint density at radius 1 is 1.08 bits per heavy atom. The van der Waals surface area contributed by atoms with Crippen molar-refractivity contribution in [3.63, 3.8) is 0 Å². The fraction of sp³-hybridized carbons (Fsp3) is 0. The van der Waals surface area contributed by atoms with Gasteiger partial charge in [0, 0.05) is 5.56 Å². The number of benzene rings is 1. The normalized spacial score (nSPS) is 10.3. The molecular formula is C9H5F2NS. The Morgan fingerprint density at radius 3 is 2.31 bits per heavy atom. The number of rotatable bonds is 1. The van der Waals surface area contributed by atoms with Crippen molar-refractivity contribution in [2.24, 2.45) is 0 Å². The van der Waals surface area contributed by atoms with Gasteiger partial charge in [-0.15, -0.1) is 0 Å². The Bertz CT molecular complexity index is 408. The number of hydrogen-bond acceptors (Lipinski definition) is 2. The van der Waals surface area contributed by atoms with E-state index in [1.807, 2.05) is 0 Å². The first-order valence-corrected chi connectivity index (χ1v) is 4.44. The molecule has 66 valence electrons. The summed E-state index contributed by atoms with van der Waals surface area (Å²) in [6.45, 7) is 0. The number of halogens is 2. The van der Waals surface area contributed by atoms with E-state index < -0.39 is 0 Å². The van der Waals surface area contributed by atoms with Crippen LogP contribution in [0.5, 0.6) is 0 Å². The molecule has 4 heteroatoms. The molecule has 0 aliphatic rings. The van der Waals surface area contributed by atoms with Gasteiger partial charge in [0.05, 0.1) is 6.20 Å². The zero-order chi connectivity index (χ0) is 9.26. The van der Waals surface area contributed by atoms with Gasteiger partial charge in [-0.1, -0.05) is 11.3 Å². The highest BCUT2D eigenvalue weighted by molar-refractivity contribution is 7.13. The highest BCUT2D eigenvalue weighted by Gasteiger charge is 2.03. The first-order chi connectivity index (χ1) is 6.25. The van der Waals surface area contributed by atoms with E-state index in [9.17, 15) is 8.78 Å². The van der Waals surface area contributed by atoms with Gasteiger partial charge in [-0.3, -0.25) is 0 Å². The summed E-state index contributed by atoms with van der Waals surface area (Å²) in [5, 5.41) is 0.233. The van der Waals surface area contributed by atoms with Crippen molar-refractivity contribution in [2.75, 3.05) is 0 Å². The molecule has 0 aliphatic carbocycles. The van der Waals surface area contributed by atoms with Gasteiger partial charge < -0.3 is 0 Å². The van der Waals surface area contributed by atoms with E-state index in [0.717, 1.165) is 23.1 Å². The van der Waals surface area contributed by atoms with Crippen LogP contribution < -0.4 is 0 Å². The molecule has 0 atom stereocenters. The van der Waals surface area contributed by atoms with Crippen molar-refractivity contribution in [3.8, 4) is 10.6 Å². The molecule has 0 saturated heterocycles. The summed E-state index contributed by atoms with van der Waals surface area (Å²) in [6, 6.07) is 5.81. The maximum Gasteiger partial charge on any atom is 0.196 e. The Labute approximate surface area is 77.7 Å². The van der Waals surface area contributed by atoms with Crippen LogP contribution in [-0.4, -0.2) is 4.98 Å². The molecule has 13 heavy (non-hydrogen) atoms. The summed E-state index contributed by atoms with van der Waals surface area (Å²) in [5.74, 6) is -0.305. The first-order valence-electron chi connectivity index (χ1n) is 3.63. The van der Waals surface area contributed by atoms with Gasteiger partial charge in [0.25, 0.3) is 0 Å². The zero-order valence-electron chi connectivity index (χ0n) is 6.50. The van der Waals surface area contributed by atoms with E-state index in [-0.39, 0.29) is 10.9 Å². The summed E-state index contributed by atoms with van der Waals surface area (Å²) in [5.41, 5.74) is 0.732. The van der Waals surface area contributed by atoms with Gasteiger partial charge in [0.2, 0.25) is 0 Å². The minimum Gasteiger partial charge on any atom is -0.241 e. The summed E-state index contributed by atoms with van der Waals surface area (Å²) in [4.78, 5) is 3.84. The zero-order valence-corrected chi connectivity index (χ0v) is 7.31. The largest absolute Gasteiger partial charge is 0.241 e. The van der Waals surface area contributed by atoms with Crippen LogP contribution in [0.15, 0.2) is 30.5 Å². The molecule has 0 N–H and O–H groups in total. The minimum absolute atomic E-state index is 0.305. The highest BCUT2D eigenvalue weighted by Crippen LogP contribution is 2.23. The molecular weight excluding hydrogens is 192 g/mol. The Hall–Kier alpha value is -1.29. The molecule has 1 aromatic carbocycles. The molecule has 0 radical (unpaired) electrons. The van der Waals surface area contributed by atoms with Crippen molar-refractivity contribution in [1.29, 1.82) is 0 Å². The molecule has 0 unspecified atom stereocenters. The number of nitrogens with zero attached hydrogens (tertiary/aromatic N) is 1. The number of hydrogen-bond donors (Lipinski definition) is 0. The lowest BCUT2D eigenvalue weighted by molar-refractivity contribution is 0.628. The van der Waals surface area contributed by atoms with Crippen LogP contribution in [0.4, 0.5) is 8.78 Å². The average Bonchev–Trinajstić information content (AvgIpc) is 2.53. The van der Waals surface area contributed by atoms with E-state index in [2.05, 4.69) is 4.98 Å². The van der Waals surface area contributed by atoms with Crippen molar-refractivity contribution < 1.29 is 8.78 Å². The molecule has 2 rings (SSSR count). The lowest BCUT2D eigenvalue weighted by Crippen LogP contribution is -1.76. The van der Waals surface area contributed by atoms with E-state index in [1.54, 1.807) is 12.1 Å². The van der Waals surface area contributed by atoms with E-state index in [4.69, 9.17) is 0 Å². The lowest BCUT2D eigenvalue weighted by Gasteiger charge is -1.93. The smallest absolute Gasteiger partial charge is 0.196 e. The maximum atomic E-state index is 12.6. The van der Waals surface area contributed by atoms with E-state index in [0.29, 0.717) is 5.01 Å². The molecule has 0 saturated carbocycles. The number of aromatic nitrogens is 1. The fourth-order valence-corrected chi connectivity index (χ4v) is 1.63. The third-order valence-electron chi connectivity index (χ3n) is 1.57. The predicted molar refractivity (Wildman–Crippen MR) is 47.5 cm³/mol. The molecule has 2 aromatic rings. The third-order valence-corrected chi connectivity index (χ3v) is 2.40. The first kappa shape index (κ1) is 8.31. The molecule has 0 bridgehead atoms. The Balaban J connectivity index is 2.41. The van der Waals surface area contributed by atoms with Gasteiger partial charge >= 0.3 is 0 Å². The van der Waals surface area contributed by atoms with Crippen molar-refractivity contribution in [3.05, 3.63) is 41.4 Å². The topological polar surface area (TPSA) is 12.9 Å². The lowest BCUT2D eigenvalue weighted by atomic mass is 10.2. The summed E-state index contributed by atoms with van der Waals surface area (Å²) < 4.78 is 25.1. The minimum atomic E-state index is -0.334. The van der Waals surface area contributed by atoms with Crippen LogP contribution in [0, 0.1) is 10.9 Å². The van der Waals surface area contributed by atoms with Crippen LogP contribution in [0.25, 0.3) is 10.6 Å². The van der Waals surface area contributed by atoms with Gasteiger partial charge in [-0.05, 0) is 24.3 Å². The van der Waals surface area contributed by atoms with Gasteiger partial charge in [-0.2, -0.15) is 4.39 Å². The van der Waals surface area contributed by atoms with Crippen LogP contribution in [-0.2, 0) is 0 Å². The second-order valence-electron chi connectivity index (χ2n) is 2.48. The standard InChI is InChI=1S/C9H5F2NS/c10-7-3-1-6(2-4-7)9-12-5-8(11)13-9/h1-5H. The average molecular weight is 197 g/mol. The predicted octanol–water partition coefficient (Wildman–Crippen LogP) is 3.09. The monoisotopic (exact) mass is 197 g/mol. The third kappa shape index (κ3) is 1.72. The second-order valence-corrected chi connectivity index (χ2v) is 3.46. The van der Waals surface area contributed by atoms with Gasteiger partial charge in [0.15, 0.2) is 5.13 Å². The van der Waals surface area contributed by atoms with E-state index >= 15 is 0 Å².